The van der Waals surface area contributed by atoms with Crippen molar-refractivity contribution in [3.63, 3.8) is 0 Å². The normalized spacial score (nSPS) is 27.4. The van der Waals surface area contributed by atoms with E-state index in [-0.39, 0.29) is 0 Å². The highest BCUT2D eigenvalue weighted by Gasteiger charge is 2.45. The average molecular weight is 211 g/mol. The van der Waals surface area contributed by atoms with Crippen molar-refractivity contribution < 1.29 is 4.74 Å². The molecule has 0 aromatic heterocycles. The van der Waals surface area contributed by atoms with Crippen LogP contribution in [0.15, 0.2) is 0 Å². The molecule has 1 unspecified atom stereocenters. The first-order chi connectivity index (χ1) is 7.10. The molecular weight excluding hydrogens is 186 g/mol. The molecule has 0 heterocycles. The Balaban J connectivity index is 1.68. The summed E-state index contributed by atoms with van der Waals surface area (Å²) >= 11 is 0. The second-order valence-electron chi connectivity index (χ2n) is 6.00. The third-order valence-corrected chi connectivity index (χ3v) is 4.66. The van der Waals surface area contributed by atoms with E-state index in [2.05, 4.69) is 19.2 Å². The SMILES string of the molecule is COCCC1(CNC(C)C2(C)CC2)CC1. The second-order valence-corrected chi connectivity index (χ2v) is 6.00. The maximum Gasteiger partial charge on any atom is 0.0468 e. The highest BCUT2D eigenvalue weighted by atomic mass is 16.5. The van der Waals surface area contributed by atoms with E-state index in [0.717, 1.165) is 6.61 Å². The van der Waals surface area contributed by atoms with Crippen molar-refractivity contribution >= 4 is 0 Å². The average Bonchev–Trinajstić information content (AvgIpc) is 3.11. The van der Waals surface area contributed by atoms with E-state index in [0.29, 0.717) is 16.9 Å². The lowest BCUT2D eigenvalue weighted by Gasteiger charge is -2.24. The smallest absolute Gasteiger partial charge is 0.0468 e. The molecular formula is C13H25NO. The van der Waals surface area contributed by atoms with Crippen LogP contribution in [0.4, 0.5) is 0 Å². The molecule has 0 bridgehead atoms. The fraction of sp³-hybridized carbons (Fsp3) is 1.00. The quantitative estimate of drug-likeness (QED) is 0.699. The minimum Gasteiger partial charge on any atom is -0.385 e. The van der Waals surface area contributed by atoms with Gasteiger partial charge in [-0.2, -0.15) is 0 Å². The number of hydrogen-bond donors (Lipinski definition) is 1. The molecule has 2 saturated carbocycles. The first-order valence-electron chi connectivity index (χ1n) is 6.33. The molecule has 15 heavy (non-hydrogen) atoms. The summed E-state index contributed by atoms with van der Waals surface area (Å²) < 4.78 is 5.18. The molecule has 0 radical (unpaired) electrons. The molecule has 1 atom stereocenters. The summed E-state index contributed by atoms with van der Waals surface area (Å²) in [6, 6.07) is 0.692. The van der Waals surface area contributed by atoms with Crippen LogP contribution in [0.2, 0.25) is 0 Å². The Kier molecular flexibility index (Phi) is 3.09. The zero-order chi connectivity index (χ0) is 10.9. The maximum absolute atomic E-state index is 5.18. The summed E-state index contributed by atoms with van der Waals surface area (Å²) in [5.41, 5.74) is 1.20. The minimum atomic E-state index is 0.593. The summed E-state index contributed by atoms with van der Waals surface area (Å²) in [6.07, 6.45) is 6.85. The lowest BCUT2D eigenvalue weighted by molar-refractivity contribution is 0.169. The number of ether oxygens (including phenoxy) is 1. The lowest BCUT2D eigenvalue weighted by Crippen LogP contribution is -2.37. The van der Waals surface area contributed by atoms with E-state index in [1.165, 1.54) is 38.6 Å². The Morgan fingerprint density at radius 3 is 2.40 bits per heavy atom. The van der Waals surface area contributed by atoms with Gasteiger partial charge in [0.15, 0.2) is 0 Å². The van der Waals surface area contributed by atoms with Gasteiger partial charge in [0.05, 0.1) is 0 Å². The minimum absolute atomic E-state index is 0.593. The topological polar surface area (TPSA) is 21.3 Å². The van der Waals surface area contributed by atoms with Crippen LogP contribution < -0.4 is 5.32 Å². The van der Waals surface area contributed by atoms with Gasteiger partial charge in [-0.25, -0.2) is 0 Å². The van der Waals surface area contributed by atoms with E-state index in [1.54, 1.807) is 7.11 Å². The van der Waals surface area contributed by atoms with Crippen LogP contribution in [-0.4, -0.2) is 26.3 Å². The molecule has 2 aliphatic carbocycles. The van der Waals surface area contributed by atoms with E-state index in [4.69, 9.17) is 4.74 Å². The zero-order valence-electron chi connectivity index (χ0n) is 10.4. The summed E-state index contributed by atoms with van der Waals surface area (Å²) in [5.74, 6) is 0. The molecule has 0 aromatic rings. The molecule has 2 aliphatic rings. The Morgan fingerprint density at radius 2 is 1.93 bits per heavy atom. The van der Waals surface area contributed by atoms with Gasteiger partial charge in [-0.05, 0) is 49.9 Å². The predicted molar refractivity (Wildman–Crippen MR) is 63.0 cm³/mol. The molecule has 2 rings (SSSR count). The molecule has 2 nitrogen and oxygen atoms in total. The number of hydrogen-bond acceptors (Lipinski definition) is 2. The molecule has 0 aliphatic heterocycles. The Hall–Kier alpha value is -0.0800. The number of methoxy groups -OCH3 is 1. The predicted octanol–water partition coefficient (Wildman–Crippen LogP) is 2.58. The van der Waals surface area contributed by atoms with Crippen molar-refractivity contribution in [3.05, 3.63) is 0 Å². The van der Waals surface area contributed by atoms with Gasteiger partial charge in [-0.15, -0.1) is 0 Å². The molecule has 0 saturated heterocycles. The maximum atomic E-state index is 5.18. The molecule has 0 amide bonds. The Labute approximate surface area is 93.8 Å². The van der Waals surface area contributed by atoms with Gasteiger partial charge >= 0.3 is 0 Å². The monoisotopic (exact) mass is 211 g/mol. The van der Waals surface area contributed by atoms with E-state index >= 15 is 0 Å². The third-order valence-electron chi connectivity index (χ3n) is 4.66. The van der Waals surface area contributed by atoms with Crippen LogP contribution in [0.25, 0.3) is 0 Å². The van der Waals surface area contributed by atoms with Gasteiger partial charge in [-0.3, -0.25) is 0 Å². The summed E-state index contributed by atoms with van der Waals surface area (Å²) in [5, 5.41) is 3.74. The van der Waals surface area contributed by atoms with Gasteiger partial charge in [0.25, 0.3) is 0 Å². The van der Waals surface area contributed by atoms with E-state index in [1.807, 2.05) is 0 Å². The summed E-state index contributed by atoms with van der Waals surface area (Å²) in [7, 11) is 1.80. The van der Waals surface area contributed by atoms with E-state index in [9.17, 15) is 0 Å². The van der Waals surface area contributed by atoms with Gasteiger partial charge in [-0.1, -0.05) is 6.92 Å². The van der Waals surface area contributed by atoms with Crippen molar-refractivity contribution in [2.75, 3.05) is 20.3 Å². The lowest BCUT2D eigenvalue weighted by atomic mass is 9.98. The largest absolute Gasteiger partial charge is 0.385 e. The highest BCUT2D eigenvalue weighted by Crippen LogP contribution is 2.50. The summed E-state index contributed by atoms with van der Waals surface area (Å²) in [4.78, 5) is 0. The molecule has 1 N–H and O–H groups in total. The van der Waals surface area contributed by atoms with E-state index < -0.39 is 0 Å². The van der Waals surface area contributed by atoms with Gasteiger partial charge in [0.1, 0.15) is 0 Å². The van der Waals surface area contributed by atoms with Crippen LogP contribution in [0.1, 0.15) is 46.0 Å². The zero-order valence-corrected chi connectivity index (χ0v) is 10.4. The van der Waals surface area contributed by atoms with Crippen molar-refractivity contribution in [2.45, 2.75) is 52.0 Å². The fourth-order valence-electron chi connectivity index (χ4n) is 2.26. The van der Waals surface area contributed by atoms with Crippen LogP contribution in [0.5, 0.6) is 0 Å². The van der Waals surface area contributed by atoms with Crippen molar-refractivity contribution in [1.82, 2.24) is 5.32 Å². The third kappa shape index (κ3) is 2.73. The highest BCUT2D eigenvalue weighted by molar-refractivity contribution is 5.00. The van der Waals surface area contributed by atoms with Crippen LogP contribution >= 0.6 is 0 Å². The number of nitrogens with one attached hydrogen (secondary N) is 1. The molecule has 2 fully saturated rings. The first-order valence-corrected chi connectivity index (χ1v) is 6.33. The van der Waals surface area contributed by atoms with Crippen molar-refractivity contribution in [3.8, 4) is 0 Å². The second kappa shape index (κ2) is 4.06. The fourth-order valence-corrected chi connectivity index (χ4v) is 2.26. The van der Waals surface area contributed by atoms with Crippen LogP contribution in [0.3, 0.4) is 0 Å². The van der Waals surface area contributed by atoms with Gasteiger partial charge in [0.2, 0.25) is 0 Å². The van der Waals surface area contributed by atoms with Gasteiger partial charge < -0.3 is 10.1 Å². The molecule has 0 aromatic carbocycles. The summed E-state index contributed by atoms with van der Waals surface area (Å²) in [6.45, 7) is 6.87. The molecule has 2 heteroatoms. The molecule has 0 spiro atoms. The molecule has 88 valence electrons. The number of rotatable bonds is 7. The first kappa shape index (κ1) is 11.4. The standard InChI is InChI=1S/C13H25NO/c1-11(12(2)4-5-12)14-10-13(6-7-13)8-9-15-3/h11,14H,4-10H2,1-3H3. The van der Waals surface area contributed by atoms with Crippen LogP contribution in [0, 0.1) is 10.8 Å². The Morgan fingerprint density at radius 1 is 1.27 bits per heavy atom. The van der Waals surface area contributed by atoms with Crippen molar-refractivity contribution in [2.24, 2.45) is 10.8 Å². The van der Waals surface area contributed by atoms with Gasteiger partial charge in [0, 0.05) is 26.3 Å². The van der Waals surface area contributed by atoms with Crippen molar-refractivity contribution in [1.29, 1.82) is 0 Å². The van der Waals surface area contributed by atoms with Crippen LogP contribution in [-0.2, 0) is 4.74 Å². The Bertz CT molecular complexity index is 219.